The minimum absolute atomic E-state index is 0.0103. The number of rotatable bonds is 0. The highest BCUT2D eigenvalue weighted by Crippen LogP contribution is 2.55. The van der Waals surface area contributed by atoms with Gasteiger partial charge in [-0.1, -0.05) is 5.87 Å². The lowest BCUT2D eigenvalue weighted by Gasteiger charge is -2.27. The van der Waals surface area contributed by atoms with E-state index >= 15 is 0 Å². The molecule has 0 bridgehead atoms. The van der Waals surface area contributed by atoms with Gasteiger partial charge in [0.15, 0.2) is 0 Å². The van der Waals surface area contributed by atoms with Crippen LogP contribution in [-0.2, 0) is 9.53 Å². The van der Waals surface area contributed by atoms with Crippen LogP contribution >= 0.6 is 10.5 Å². The molecule has 90 valence electrons. The topological polar surface area (TPSA) is 46.6 Å². The number of likely N-dealkylation sites (tertiary alicyclic amines) is 1. The third kappa shape index (κ3) is 2.00. The van der Waals surface area contributed by atoms with E-state index in [1.54, 1.807) is 20.8 Å². The summed E-state index contributed by atoms with van der Waals surface area (Å²) in [6, 6.07) is 0. The second-order valence-electron chi connectivity index (χ2n) is 5.18. The zero-order valence-electron chi connectivity index (χ0n) is 9.86. The molecule has 2 aliphatic rings. The first-order valence-electron chi connectivity index (χ1n) is 5.38. The van der Waals surface area contributed by atoms with E-state index in [1.165, 1.54) is 4.90 Å². The number of nitrogens with zero attached hydrogens (tertiary/aromatic N) is 1. The Morgan fingerprint density at radius 2 is 2.19 bits per heavy atom. The number of ether oxygens (including phenoxy) is 1. The first kappa shape index (κ1) is 11.6. The largest absolute Gasteiger partial charge is 0.443 e. The van der Waals surface area contributed by atoms with Crippen molar-refractivity contribution in [3.05, 3.63) is 0 Å². The molecule has 0 radical (unpaired) electrons. The minimum Gasteiger partial charge on any atom is -0.443 e. The average Bonchev–Trinajstić information content (AvgIpc) is 2.73. The highest BCUT2D eigenvalue weighted by atomic mass is 32.2. The van der Waals surface area contributed by atoms with Gasteiger partial charge in [-0.05, 0) is 27.2 Å². The lowest BCUT2D eigenvalue weighted by atomic mass is 10.1. The Balaban J connectivity index is 2.10. The third-order valence-electron chi connectivity index (χ3n) is 2.70. The molecule has 2 aliphatic heterocycles. The van der Waals surface area contributed by atoms with Gasteiger partial charge in [-0.25, -0.2) is 9.69 Å². The molecule has 0 spiro atoms. The van der Waals surface area contributed by atoms with E-state index in [0.717, 1.165) is 6.42 Å². The summed E-state index contributed by atoms with van der Waals surface area (Å²) >= 11 is 0. The van der Waals surface area contributed by atoms with Gasteiger partial charge in [0.2, 0.25) is 5.91 Å². The monoisotopic (exact) mass is 243 g/mol. The van der Waals surface area contributed by atoms with E-state index in [0.29, 0.717) is 11.7 Å². The van der Waals surface area contributed by atoms with E-state index in [2.05, 4.69) is 5.87 Å². The molecule has 0 aliphatic carbocycles. The zero-order valence-corrected chi connectivity index (χ0v) is 10.7. The second-order valence-corrected chi connectivity index (χ2v) is 7.21. The Bertz CT molecular complexity index is 372. The van der Waals surface area contributed by atoms with Crippen LogP contribution in [0.3, 0.4) is 0 Å². The van der Waals surface area contributed by atoms with Crippen molar-refractivity contribution in [2.45, 2.75) is 49.8 Å². The van der Waals surface area contributed by atoms with Crippen LogP contribution in [0, 0.1) is 0 Å². The van der Waals surface area contributed by atoms with Gasteiger partial charge in [0.25, 0.3) is 0 Å². The summed E-state index contributed by atoms with van der Waals surface area (Å²) in [5.41, 5.74) is -0.557. The van der Waals surface area contributed by atoms with Gasteiger partial charge in [0.1, 0.15) is 5.60 Å². The molecule has 0 N–H and O–H groups in total. The summed E-state index contributed by atoms with van der Waals surface area (Å²) in [5.74, 6) is 3.87. The van der Waals surface area contributed by atoms with Gasteiger partial charge in [-0.15, -0.1) is 0 Å². The van der Waals surface area contributed by atoms with Gasteiger partial charge in [-0.2, -0.15) is 10.5 Å². The predicted octanol–water partition coefficient (Wildman–Crippen LogP) is 1.95. The Hall–Kier alpha value is -0.840. The van der Waals surface area contributed by atoms with Crippen molar-refractivity contribution in [1.29, 1.82) is 0 Å². The van der Waals surface area contributed by atoms with Gasteiger partial charge in [0.05, 0.1) is 5.37 Å². The van der Waals surface area contributed by atoms with Gasteiger partial charge in [-0.3, -0.25) is 4.79 Å². The Morgan fingerprint density at radius 1 is 1.56 bits per heavy atom. The number of hydrogen-bond donors (Lipinski definition) is 0. The maximum Gasteiger partial charge on any atom is 0.418 e. The van der Waals surface area contributed by atoms with E-state index in [9.17, 15) is 9.59 Å². The predicted molar refractivity (Wildman–Crippen MR) is 64.6 cm³/mol. The molecule has 0 aromatic rings. The lowest BCUT2D eigenvalue weighted by Crippen LogP contribution is -2.45. The van der Waals surface area contributed by atoms with E-state index < -0.39 is 11.7 Å². The molecule has 5 heteroatoms. The van der Waals surface area contributed by atoms with Crippen molar-refractivity contribution in [3.8, 4) is 0 Å². The van der Waals surface area contributed by atoms with Gasteiger partial charge < -0.3 is 4.74 Å². The fraction of sp³-hybridized carbons (Fsp3) is 0.727. The summed E-state index contributed by atoms with van der Waals surface area (Å²) < 4.78 is 5.24. The van der Waals surface area contributed by atoms with Crippen LogP contribution < -0.4 is 0 Å². The zero-order chi connectivity index (χ0) is 12.1. The molecule has 3 atom stereocenters. The number of carbonyl (C=O) groups is 2. The van der Waals surface area contributed by atoms with Crippen molar-refractivity contribution in [2.75, 3.05) is 0 Å². The Morgan fingerprint density at radius 3 is 2.75 bits per heavy atom. The van der Waals surface area contributed by atoms with E-state index in [4.69, 9.17) is 4.74 Å². The maximum atomic E-state index is 11.9. The van der Waals surface area contributed by atoms with Crippen molar-refractivity contribution < 1.29 is 14.3 Å². The second kappa shape index (κ2) is 3.58. The van der Waals surface area contributed by atoms with Crippen LogP contribution in [-0.4, -0.2) is 39.0 Å². The van der Waals surface area contributed by atoms with Crippen molar-refractivity contribution in [2.24, 2.45) is 0 Å². The fourth-order valence-electron chi connectivity index (χ4n) is 1.92. The van der Waals surface area contributed by atoms with Gasteiger partial charge in [0, 0.05) is 11.7 Å². The molecule has 0 saturated carbocycles. The van der Waals surface area contributed by atoms with E-state index in [-0.39, 0.29) is 21.8 Å². The molecule has 3 unspecified atom stereocenters. The standard InChI is InChI=1S/C11H17NO3S/c1-11(2,3)15-10(14)12-8(13)6-5-7-9(12)16(7)4/h7,9H,4-6H2,1-3H3. The number of fused-ring (bicyclic) bond motifs is 1. The third-order valence-corrected chi connectivity index (χ3v) is 4.81. The molecule has 2 amide bonds. The first-order chi connectivity index (χ1) is 7.31. The fourth-order valence-corrected chi connectivity index (χ4v) is 3.88. The summed E-state index contributed by atoms with van der Waals surface area (Å²) in [5, 5.41) is 0.432. The van der Waals surface area contributed by atoms with Crippen LogP contribution in [0.2, 0.25) is 0 Å². The highest BCUT2D eigenvalue weighted by Gasteiger charge is 2.54. The van der Waals surface area contributed by atoms with Crippen LogP contribution in [0.1, 0.15) is 33.6 Å². The number of amides is 2. The number of imide groups is 1. The molecule has 0 aromatic carbocycles. The number of piperidine rings is 1. The van der Waals surface area contributed by atoms with Crippen LogP contribution in [0.4, 0.5) is 4.79 Å². The SMILES string of the molecule is C=S1C2CCC(=O)N(C(=O)OC(C)(C)C)C21. The van der Waals surface area contributed by atoms with Crippen LogP contribution in [0.25, 0.3) is 0 Å². The quantitative estimate of drug-likeness (QED) is 0.482. The lowest BCUT2D eigenvalue weighted by molar-refractivity contribution is -0.132. The Kier molecular flexibility index (Phi) is 2.61. The molecule has 4 nitrogen and oxygen atoms in total. The smallest absolute Gasteiger partial charge is 0.418 e. The molecule has 16 heavy (non-hydrogen) atoms. The summed E-state index contributed by atoms with van der Waals surface area (Å²) in [6.45, 7) is 5.40. The Labute approximate surface area is 97.9 Å². The van der Waals surface area contributed by atoms with Crippen molar-refractivity contribution in [1.82, 2.24) is 4.90 Å². The number of hydrogen-bond acceptors (Lipinski definition) is 3. The summed E-state index contributed by atoms with van der Waals surface area (Å²) in [4.78, 5) is 24.9. The normalized spacial score (nSPS) is 33.3. The minimum atomic E-state index is -0.557. The molecule has 2 saturated heterocycles. The van der Waals surface area contributed by atoms with Crippen molar-refractivity contribution in [3.63, 3.8) is 0 Å². The summed E-state index contributed by atoms with van der Waals surface area (Å²) in [6.07, 6.45) is 0.806. The molecule has 2 fully saturated rings. The van der Waals surface area contributed by atoms with Crippen molar-refractivity contribution >= 4 is 28.4 Å². The van der Waals surface area contributed by atoms with Gasteiger partial charge >= 0.3 is 6.09 Å². The van der Waals surface area contributed by atoms with E-state index in [1.807, 2.05) is 0 Å². The first-order valence-corrected chi connectivity index (χ1v) is 6.90. The molecule has 2 rings (SSSR count). The molecule has 2 heterocycles. The highest BCUT2D eigenvalue weighted by molar-refractivity contribution is 8.21. The van der Waals surface area contributed by atoms with Crippen LogP contribution in [0.5, 0.6) is 0 Å². The molecular weight excluding hydrogens is 226 g/mol. The number of carbonyl (C=O) groups excluding carboxylic acids is 2. The average molecular weight is 243 g/mol. The van der Waals surface area contributed by atoms with Crippen LogP contribution in [0.15, 0.2) is 0 Å². The molecular formula is C11H17NO3S. The maximum absolute atomic E-state index is 11.9. The summed E-state index contributed by atoms with van der Waals surface area (Å²) in [7, 11) is -0.0697. The molecule has 0 aromatic heterocycles.